The highest BCUT2D eigenvalue weighted by molar-refractivity contribution is 5.75. The van der Waals surface area contributed by atoms with Gasteiger partial charge in [0, 0.05) is 25.7 Å². The summed E-state index contributed by atoms with van der Waals surface area (Å²) in [7, 11) is 0. The lowest BCUT2D eigenvalue weighted by Gasteiger charge is -2.33. The standard InChI is InChI=1S/C22H27N3O3/c1-16-6-2-5-9-21(16)28-15-18(26)14-24-12-10-17(11-13-24)25-20-8-4-3-7-19(20)23-22(25)27/h2-9,17-18,26H,10-15H2,1H3,(H,23,27). The maximum atomic E-state index is 12.4. The van der Waals surface area contributed by atoms with Crippen LogP contribution >= 0.6 is 0 Å². The third-order valence-electron chi connectivity index (χ3n) is 5.54. The van der Waals surface area contributed by atoms with Crippen LogP contribution in [0.2, 0.25) is 0 Å². The van der Waals surface area contributed by atoms with Crippen molar-refractivity contribution < 1.29 is 9.84 Å². The van der Waals surface area contributed by atoms with Gasteiger partial charge in [-0.1, -0.05) is 30.3 Å². The number of likely N-dealkylation sites (tertiary alicyclic amines) is 1. The van der Waals surface area contributed by atoms with E-state index in [1.165, 1.54) is 0 Å². The maximum absolute atomic E-state index is 12.4. The number of nitrogens with one attached hydrogen (secondary N) is 1. The summed E-state index contributed by atoms with van der Waals surface area (Å²) in [6.45, 7) is 4.59. The number of H-pyrrole nitrogens is 1. The molecule has 1 unspecified atom stereocenters. The fourth-order valence-electron chi connectivity index (χ4n) is 4.05. The minimum atomic E-state index is -0.535. The van der Waals surface area contributed by atoms with Crippen molar-refractivity contribution in [1.82, 2.24) is 14.5 Å². The number of aliphatic hydroxyl groups is 1. The van der Waals surface area contributed by atoms with Gasteiger partial charge in [-0.25, -0.2) is 4.79 Å². The quantitative estimate of drug-likeness (QED) is 0.689. The van der Waals surface area contributed by atoms with Crippen LogP contribution in [0.1, 0.15) is 24.4 Å². The van der Waals surface area contributed by atoms with E-state index in [0.717, 1.165) is 48.3 Å². The molecule has 6 heteroatoms. The highest BCUT2D eigenvalue weighted by Gasteiger charge is 2.24. The lowest BCUT2D eigenvalue weighted by atomic mass is 10.0. The van der Waals surface area contributed by atoms with Crippen molar-refractivity contribution in [3.05, 3.63) is 64.6 Å². The Labute approximate surface area is 164 Å². The van der Waals surface area contributed by atoms with Gasteiger partial charge in [0.25, 0.3) is 0 Å². The van der Waals surface area contributed by atoms with Crippen LogP contribution in [-0.4, -0.2) is 51.9 Å². The number of β-amino-alcohol motifs (C(OH)–C–C–N with tert-alkyl or cyclic N) is 1. The Kier molecular flexibility index (Phi) is 5.50. The maximum Gasteiger partial charge on any atom is 0.326 e. The molecule has 1 atom stereocenters. The summed E-state index contributed by atoms with van der Waals surface area (Å²) in [5, 5.41) is 10.4. The van der Waals surface area contributed by atoms with E-state index < -0.39 is 6.10 Å². The van der Waals surface area contributed by atoms with E-state index in [0.29, 0.717) is 6.54 Å². The molecule has 0 bridgehead atoms. The zero-order valence-electron chi connectivity index (χ0n) is 16.2. The highest BCUT2D eigenvalue weighted by Crippen LogP contribution is 2.25. The second kappa shape index (κ2) is 8.20. The third-order valence-corrected chi connectivity index (χ3v) is 5.54. The van der Waals surface area contributed by atoms with Crippen LogP contribution in [0, 0.1) is 6.92 Å². The van der Waals surface area contributed by atoms with Gasteiger partial charge in [-0.05, 0) is 43.5 Å². The number of piperidine rings is 1. The van der Waals surface area contributed by atoms with E-state index in [9.17, 15) is 9.90 Å². The predicted octanol–water partition coefficient (Wildman–Crippen LogP) is 2.71. The number of aliphatic hydroxyl groups excluding tert-OH is 1. The van der Waals surface area contributed by atoms with Crippen LogP contribution in [-0.2, 0) is 0 Å². The number of aromatic amines is 1. The molecule has 2 N–H and O–H groups in total. The molecule has 0 radical (unpaired) electrons. The largest absolute Gasteiger partial charge is 0.491 e. The normalized spacial score (nSPS) is 17.1. The Morgan fingerprint density at radius 3 is 2.64 bits per heavy atom. The van der Waals surface area contributed by atoms with Crippen LogP contribution in [0.4, 0.5) is 0 Å². The SMILES string of the molecule is Cc1ccccc1OCC(O)CN1CCC(n2c(=O)[nH]c3ccccc32)CC1. The molecule has 1 aromatic heterocycles. The molecule has 6 nitrogen and oxygen atoms in total. The Hall–Kier alpha value is -2.57. The second-order valence-electron chi connectivity index (χ2n) is 7.58. The predicted molar refractivity (Wildman–Crippen MR) is 110 cm³/mol. The Bertz CT molecular complexity index is 986. The molecule has 0 amide bonds. The van der Waals surface area contributed by atoms with E-state index >= 15 is 0 Å². The van der Waals surface area contributed by atoms with Crippen molar-refractivity contribution in [2.75, 3.05) is 26.2 Å². The molecular formula is C22H27N3O3. The molecule has 1 aliphatic rings. The first-order chi connectivity index (χ1) is 13.6. The molecule has 0 aliphatic carbocycles. The van der Waals surface area contributed by atoms with Gasteiger partial charge in [0.2, 0.25) is 0 Å². The van der Waals surface area contributed by atoms with Gasteiger partial charge in [-0.2, -0.15) is 0 Å². The molecule has 3 aromatic rings. The summed E-state index contributed by atoms with van der Waals surface area (Å²) >= 11 is 0. The van der Waals surface area contributed by atoms with Crippen LogP contribution in [0.5, 0.6) is 5.75 Å². The zero-order chi connectivity index (χ0) is 19.5. The van der Waals surface area contributed by atoms with Gasteiger partial charge in [0.05, 0.1) is 11.0 Å². The number of imidazole rings is 1. The molecule has 0 spiro atoms. The van der Waals surface area contributed by atoms with E-state index in [4.69, 9.17) is 4.74 Å². The molecule has 28 heavy (non-hydrogen) atoms. The molecule has 4 rings (SSSR count). The monoisotopic (exact) mass is 381 g/mol. The number of benzene rings is 2. The van der Waals surface area contributed by atoms with Gasteiger partial charge < -0.3 is 19.7 Å². The first kappa shape index (κ1) is 18.8. The van der Waals surface area contributed by atoms with Crippen LogP contribution in [0.25, 0.3) is 11.0 Å². The van der Waals surface area contributed by atoms with Crippen LogP contribution in [0.15, 0.2) is 53.3 Å². The van der Waals surface area contributed by atoms with Gasteiger partial charge in [-0.3, -0.25) is 4.57 Å². The molecule has 2 aromatic carbocycles. The molecule has 1 aliphatic heterocycles. The minimum Gasteiger partial charge on any atom is -0.491 e. The van der Waals surface area contributed by atoms with Gasteiger partial charge >= 0.3 is 5.69 Å². The van der Waals surface area contributed by atoms with Crippen molar-refractivity contribution in [3.63, 3.8) is 0 Å². The number of aromatic nitrogens is 2. The number of hydrogen-bond acceptors (Lipinski definition) is 4. The van der Waals surface area contributed by atoms with Crippen molar-refractivity contribution in [2.24, 2.45) is 0 Å². The number of rotatable bonds is 6. The summed E-state index contributed by atoms with van der Waals surface area (Å²) in [6, 6.07) is 15.9. The molecule has 1 fully saturated rings. The van der Waals surface area contributed by atoms with E-state index in [-0.39, 0.29) is 18.3 Å². The number of para-hydroxylation sites is 3. The first-order valence-electron chi connectivity index (χ1n) is 9.90. The zero-order valence-corrected chi connectivity index (χ0v) is 16.2. The second-order valence-corrected chi connectivity index (χ2v) is 7.58. The minimum absolute atomic E-state index is 0.0358. The third kappa shape index (κ3) is 3.98. The average molecular weight is 381 g/mol. The summed E-state index contributed by atoms with van der Waals surface area (Å²) in [6.07, 6.45) is 1.26. The smallest absolute Gasteiger partial charge is 0.326 e. The van der Waals surface area contributed by atoms with Crippen molar-refractivity contribution in [2.45, 2.75) is 31.9 Å². The van der Waals surface area contributed by atoms with Gasteiger partial charge in [-0.15, -0.1) is 0 Å². The van der Waals surface area contributed by atoms with E-state index in [1.54, 1.807) is 0 Å². The lowest BCUT2D eigenvalue weighted by molar-refractivity contribution is 0.0557. The van der Waals surface area contributed by atoms with Crippen molar-refractivity contribution in [1.29, 1.82) is 0 Å². The number of hydrogen-bond donors (Lipinski definition) is 2. The van der Waals surface area contributed by atoms with E-state index in [1.807, 2.05) is 60.0 Å². The average Bonchev–Trinajstić information content (AvgIpc) is 3.04. The van der Waals surface area contributed by atoms with E-state index in [2.05, 4.69) is 9.88 Å². The Balaban J connectivity index is 1.31. The highest BCUT2D eigenvalue weighted by atomic mass is 16.5. The Morgan fingerprint density at radius 1 is 1.14 bits per heavy atom. The molecular weight excluding hydrogens is 354 g/mol. The van der Waals surface area contributed by atoms with Crippen LogP contribution in [0.3, 0.4) is 0 Å². The Morgan fingerprint density at radius 2 is 1.86 bits per heavy atom. The molecule has 0 saturated carbocycles. The molecule has 148 valence electrons. The summed E-state index contributed by atoms with van der Waals surface area (Å²) in [4.78, 5) is 17.6. The van der Waals surface area contributed by atoms with Crippen molar-refractivity contribution >= 4 is 11.0 Å². The number of fused-ring (bicyclic) bond motifs is 1. The molecule has 2 heterocycles. The number of nitrogens with zero attached hydrogens (tertiary/aromatic N) is 2. The summed E-state index contributed by atoms with van der Waals surface area (Å²) in [5.41, 5.74) is 2.89. The van der Waals surface area contributed by atoms with Gasteiger partial charge in [0.1, 0.15) is 18.5 Å². The number of ether oxygens (including phenoxy) is 1. The fraction of sp³-hybridized carbons (Fsp3) is 0.409. The van der Waals surface area contributed by atoms with Crippen molar-refractivity contribution in [3.8, 4) is 5.75 Å². The first-order valence-corrected chi connectivity index (χ1v) is 9.90. The fourth-order valence-corrected chi connectivity index (χ4v) is 4.05. The van der Waals surface area contributed by atoms with Crippen LogP contribution < -0.4 is 10.4 Å². The number of aryl methyl sites for hydroxylation is 1. The summed E-state index contributed by atoms with van der Waals surface area (Å²) in [5.74, 6) is 0.818. The topological polar surface area (TPSA) is 70.5 Å². The lowest BCUT2D eigenvalue weighted by Crippen LogP contribution is -2.42. The van der Waals surface area contributed by atoms with Gasteiger partial charge in [0.15, 0.2) is 0 Å². The molecule has 1 saturated heterocycles. The summed E-state index contributed by atoms with van der Waals surface area (Å²) < 4.78 is 7.65.